The van der Waals surface area contributed by atoms with Crippen LogP contribution in [0, 0.1) is 0 Å². The van der Waals surface area contributed by atoms with Gasteiger partial charge in [0.2, 0.25) is 0 Å². The maximum absolute atomic E-state index is 11.9. The molecule has 3 aromatic rings. The van der Waals surface area contributed by atoms with E-state index < -0.39 is 18.9 Å². The van der Waals surface area contributed by atoms with Gasteiger partial charge in [-0.05, 0) is 30.9 Å². The number of hydrogen-bond acceptors (Lipinski definition) is 7. The fourth-order valence-corrected chi connectivity index (χ4v) is 3.18. The van der Waals surface area contributed by atoms with Crippen LogP contribution in [0.25, 0.3) is 22.8 Å². The van der Waals surface area contributed by atoms with Crippen molar-refractivity contribution in [2.75, 3.05) is 6.61 Å². The van der Waals surface area contributed by atoms with E-state index >= 15 is 0 Å². The van der Waals surface area contributed by atoms with Crippen molar-refractivity contribution >= 4 is 5.97 Å². The Bertz CT molecular complexity index is 1050. The number of carbonyl (C=O) groups excluding carboxylic acids is 1. The fourth-order valence-electron chi connectivity index (χ4n) is 3.18. The van der Waals surface area contributed by atoms with Gasteiger partial charge in [0.05, 0.1) is 0 Å². The van der Waals surface area contributed by atoms with Gasteiger partial charge in [-0.1, -0.05) is 69.0 Å². The van der Waals surface area contributed by atoms with Crippen LogP contribution in [0.15, 0.2) is 60.7 Å². The third-order valence-corrected chi connectivity index (χ3v) is 4.87. The Hall–Kier alpha value is -3.58. The van der Waals surface area contributed by atoms with Gasteiger partial charge in [0.25, 0.3) is 6.29 Å². The summed E-state index contributed by atoms with van der Waals surface area (Å²) in [6.07, 6.45) is 0.327. The minimum absolute atomic E-state index is 0.0459. The minimum Gasteiger partial charge on any atom is -0.420 e. The first-order valence-corrected chi connectivity index (χ1v) is 10.5. The third kappa shape index (κ3) is 5.36. The van der Waals surface area contributed by atoms with Crippen molar-refractivity contribution < 1.29 is 19.4 Å². The van der Waals surface area contributed by atoms with Crippen LogP contribution in [-0.2, 0) is 22.4 Å². The second-order valence-electron chi connectivity index (χ2n) is 7.20. The molecule has 166 valence electrons. The predicted molar refractivity (Wildman–Crippen MR) is 122 cm³/mol. The highest BCUT2D eigenvalue weighted by Crippen LogP contribution is 2.27. The maximum atomic E-state index is 11.9. The summed E-state index contributed by atoms with van der Waals surface area (Å²) < 4.78 is 10.8. The Labute approximate surface area is 187 Å². The molecular weight excluding hydrogens is 406 g/mol. The molecule has 1 N–H and O–H groups in total. The number of benzene rings is 2. The molecule has 7 nitrogen and oxygen atoms in total. The van der Waals surface area contributed by atoms with Crippen LogP contribution in [0.5, 0.6) is 6.01 Å². The van der Waals surface area contributed by atoms with Crippen molar-refractivity contribution in [3.63, 3.8) is 0 Å². The van der Waals surface area contributed by atoms with Gasteiger partial charge in [-0.3, -0.25) is 0 Å². The lowest BCUT2D eigenvalue weighted by atomic mass is 10.0. The molecule has 0 fully saturated rings. The number of carbonyl (C=O) groups is 1. The Morgan fingerprint density at radius 3 is 1.88 bits per heavy atom. The zero-order valence-corrected chi connectivity index (χ0v) is 18.5. The smallest absolute Gasteiger partial charge is 0.336 e. The van der Waals surface area contributed by atoms with E-state index in [-0.39, 0.29) is 11.6 Å². The van der Waals surface area contributed by atoms with Gasteiger partial charge in [0.1, 0.15) is 6.61 Å². The Balaban J connectivity index is 2.10. The number of esters is 1. The van der Waals surface area contributed by atoms with Gasteiger partial charge in [-0.2, -0.15) is 9.97 Å². The Morgan fingerprint density at radius 2 is 1.44 bits per heavy atom. The van der Waals surface area contributed by atoms with E-state index in [0.29, 0.717) is 11.6 Å². The number of aryl methyl sites for hydroxylation is 2. The van der Waals surface area contributed by atoms with E-state index in [9.17, 15) is 9.90 Å². The lowest BCUT2D eigenvalue weighted by Gasteiger charge is -2.17. The fraction of sp³-hybridized carbons (Fsp3) is 0.280. The monoisotopic (exact) mass is 433 g/mol. The molecule has 7 heteroatoms. The summed E-state index contributed by atoms with van der Waals surface area (Å²) >= 11 is 0. The predicted octanol–water partition coefficient (Wildman–Crippen LogP) is 4.15. The number of aliphatic hydroxyl groups is 1. The lowest BCUT2D eigenvalue weighted by molar-refractivity contribution is -0.164. The highest BCUT2D eigenvalue weighted by molar-refractivity contribution is 5.87. The average Bonchev–Trinajstić information content (AvgIpc) is 2.83. The summed E-state index contributed by atoms with van der Waals surface area (Å²) in [6, 6.07) is 15.6. The third-order valence-electron chi connectivity index (χ3n) is 4.87. The van der Waals surface area contributed by atoms with Crippen molar-refractivity contribution in [1.82, 2.24) is 15.0 Å². The van der Waals surface area contributed by atoms with E-state index in [4.69, 9.17) is 14.5 Å². The standard InChI is InChI=1S/C25H27N3O4/c1-5-17-11-7-9-13-19(17)22-26-23(20-14-10-8-12-18(20)6-2)28-25(27-22)32-21(15-29)31-24(30)16(3)4/h7-14,21,29H,3,5-6,15H2,1-2,4H3. The highest BCUT2D eigenvalue weighted by Gasteiger charge is 2.20. The largest absolute Gasteiger partial charge is 0.420 e. The Morgan fingerprint density at radius 1 is 0.938 bits per heavy atom. The van der Waals surface area contributed by atoms with E-state index in [2.05, 4.69) is 30.4 Å². The van der Waals surface area contributed by atoms with Gasteiger partial charge >= 0.3 is 12.0 Å². The molecule has 0 aliphatic carbocycles. The normalized spacial score (nSPS) is 11.6. The molecule has 1 aromatic heterocycles. The lowest BCUT2D eigenvalue weighted by Crippen LogP contribution is -2.29. The molecule has 0 saturated heterocycles. The van der Waals surface area contributed by atoms with Crippen molar-refractivity contribution in [2.45, 2.75) is 39.9 Å². The van der Waals surface area contributed by atoms with Gasteiger partial charge in [0.15, 0.2) is 11.6 Å². The van der Waals surface area contributed by atoms with Crippen LogP contribution in [-0.4, -0.2) is 38.9 Å². The quantitative estimate of drug-likeness (QED) is 0.308. The van der Waals surface area contributed by atoms with Gasteiger partial charge < -0.3 is 14.6 Å². The molecule has 1 heterocycles. The molecule has 2 aromatic carbocycles. The first-order valence-electron chi connectivity index (χ1n) is 10.5. The molecule has 1 unspecified atom stereocenters. The second-order valence-corrected chi connectivity index (χ2v) is 7.20. The summed E-state index contributed by atoms with van der Waals surface area (Å²) in [5.41, 5.74) is 4.06. The molecule has 1 atom stereocenters. The minimum atomic E-state index is -1.27. The van der Waals surface area contributed by atoms with Gasteiger partial charge in [0, 0.05) is 16.7 Å². The van der Waals surface area contributed by atoms with Gasteiger partial charge in [-0.25, -0.2) is 9.78 Å². The summed E-state index contributed by atoms with van der Waals surface area (Å²) in [5, 5.41) is 9.65. The number of aliphatic hydroxyl groups excluding tert-OH is 1. The average molecular weight is 434 g/mol. The maximum Gasteiger partial charge on any atom is 0.336 e. The highest BCUT2D eigenvalue weighted by atomic mass is 16.7. The molecule has 32 heavy (non-hydrogen) atoms. The van der Waals surface area contributed by atoms with Crippen LogP contribution < -0.4 is 4.74 Å². The van der Waals surface area contributed by atoms with E-state index in [0.717, 1.165) is 35.1 Å². The molecule has 0 amide bonds. The number of ether oxygens (including phenoxy) is 2. The van der Waals surface area contributed by atoms with Crippen LogP contribution in [0.1, 0.15) is 31.9 Å². The number of hydrogen-bond donors (Lipinski definition) is 1. The molecule has 0 bridgehead atoms. The second kappa shape index (κ2) is 10.6. The van der Waals surface area contributed by atoms with Crippen molar-refractivity contribution in [3.05, 3.63) is 71.8 Å². The molecule has 0 aliphatic rings. The summed E-state index contributed by atoms with van der Waals surface area (Å²) in [6.45, 7) is 8.61. The zero-order valence-electron chi connectivity index (χ0n) is 18.5. The number of rotatable bonds is 9. The van der Waals surface area contributed by atoms with Gasteiger partial charge in [-0.15, -0.1) is 0 Å². The van der Waals surface area contributed by atoms with E-state index in [1.165, 1.54) is 6.92 Å². The topological polar surface area (TPSA) is 94.4 Å². The molecule has 0 aliphatic heterocycles. The molecule has 0 radical (unpaired) electrons. The first-order chi connectivity index (χ1) is 15.5. The van der Waals surface area contributed by atoms with E-state index in [1.54, 1.807) is 0 Å². The molecule has 0 saturated carbocycles. The number of nitrogens with zero attached hydrogens (tertiary/aromatic N) is 3. The molecular formula is C25H27N3O4. The van der Waals surface area contributed by atoms with Crippen LogP contribution >= 0.6 is 0 Å². The number of aromatic nitrogens is 3. The van der Waals surface area contributed by atoms with E-state index in [1.807, 2.05) is 48.5 Å². The summed E-state index contributed by atoms with van der Waals surface area (Å²) in [4.78, 5) is 25.5. The first kappa shape index (κ1) is 23.1. The summed E-state index contributed by atoms with van der Waals surface area (Å²) in [5.74, 6) is 0.207. The SMILES string of the molecule is C=C(C)C(=O)OC(CO)Oc1nc(-c2ccccc2CC)nc(-c2ccccc2CC)n1. The van der Waals surface area contributed by atoms with Crippen molar-refractivity contribution in [2.24, 2.45) is 0 Å². The molecule has 3 rings (SSSR count). The molecule has 0 spiro atoms. The Kier molecular flexibility index (Phi) is 7.68. The van der Waals surface area contributed by atoms with Crippen molar-refractivity contribution in [1.29, 1.82) is 0 Å². The van der Waals surface area contributed by atoms with Crippen LogP contribution in [0.3, 0.4) is 0 Å². The summed E-state index contributed by atoms with van der Waals surface area (Å²) in [7, 11) is 0. The van der Waals surface area contributed by atoms with Crippen LogP contribution in [0.2, 0.25) is 0 Å². The van der Waals surface area contributed by atoms with Crippen LogP contribution in [0.4, 0.5) is 0 Å². The van der Waals surface area contributed by atoms with Crippen molar-refractivity contribution in [3.8, 4) is 28.8 Å². The zero-order chi connectivity index (χ0) is 23.1.